The van der Waals surface area contributed by atoms with E-state index >= 15 is 0 Å². The summed E-state index contributed by atoms with van der Waals surface area (Å²) in [5.41, 5.74) is 4.31. The molecule has 1 aliphatic heterocycles. The molecule has 0 unspecified atom stereocenters. The summed E-state index contributed by atoms with van der Waals surface area (Å²) in [5.74, 6) is -0.0942. The highest BCUT2D eigenvalue weighted by Crippen LogP contribution is 2.29. The lowest BCUT2D eigenvalue weighted by molar-refractivity contribution is -0.119. The Labute approximate surface area is 163 Å². The molecule has 0 radical (unpaired) electrons. The second-order valence-electron chi connectivity index (χ2n) is 5.82. The van der Waals surface area contributed by atoms with Crippen LogP contribution in [0.1, 0.15) is 43.9 Å². The number of aryl methyl sites for hydroxylation is 2. The van der Waals surface area contributed by atoms with Gasteiger partial charge in [-0.25, -0.2) is 9.38 Å². The highest BCUT2D eigenvalue weighted by Gasteiger charge is 2.23. The molecule has 0 aliphatic carbocycles. The number of amides is 1. The smallest absolute Gasteiger partial charge is 0.225 e. The monoisotopic (exact) mass is 388 g/mol. The molecular weight excluding hydrogens is 367 g/mol. The molecule has 1 aromatic carbocycles. The molecule has 2 aromatic rings. The Morgan fingerprint density at radius 3 is 2.52 bits per heavy atom. The average molecular weight is 389 g/mol. The molecule has 1 aromatic heterocycles. The average Bonchev–Trinajstić information content (AvgIpc) is 2.68. The normalized spacial score (nSPS) is 12.6. The number of benzene rings is 1. The van der Waals surface area contributed by atoms with Gasteiger partial charge in [0.25, 0.3) is 0 Å². The first kappa shape index (κ1) is 20.7. The number of halogens is 2. The van der Waals surface area contributed by atoms with Crippen molar-refractivity contribution >= 4 is 29.0 Å². The number of aromatic nitrogens is 2. The molecule has 0 atom stereocenters. The van der Waals surface area contributed by atoms with Crippen LogP contribution >= 0.6 is 11.6 Å². The minimum Gasteiger partial charge on any atom is -0.310 e. The van der Waals surface area contributed by atoms with E-state index in [4.69, 9.17) is 11.6 Å². The number of rotatable bonds is 4. The van der Waals surface area contributed by atoms with Gasteiger partial charge in [-0.05, 0) is 43.5 Å². The van der Waals surface area contributed by atoms with E-state index in [-0.39, 0.29) is 17.4 Å². The minimum atomic E-state index is -0.479. The number of carbonyl (C=O) groups is 1. The number of amidine groups is 1. The highest BCUT2D eigenvalue weighted by molar-refractivity contribution is 6.30. The topological polar surface area (TPSA) is 67.2 Å². The van der Waals surface area contributed by atoms with Crippen LogP contribution in [0.2, 0.25) is 5.02 Å². The van der Waals surface area contributed by atoms with E-state index in [0.717, 1.165) is 28.0 Å². The first-order chi connectivity index (χ1) is 13.0. The van der Waals surface area contributed by atoms with Gasteiger partial charge in [0, 0.05) is 17.6 Å². The Morgan fingerprint density at radius 1 is 1.19 bits per heavy atom. The van der Waals surface area contributed by atoms with Crippen LogP contribution in [-0.4, -0.2) is 21.9 Å². The van der Waals surface area contributed by atoms with Gasteiger partial charge in [-0.2, -0.15) is 10.2 Å². The summed E-state index contributed by atoms with van der Waals surface area (Å²) in [6.45, 7) is 7.83. The van der Waals surface area contributed by atoms with E-state index in [9.17, 15) is 9.18 Å². The van der Waals surface area contributed by atoms with E-state index in [1.165, 1.54) is 12.1 Å². The van der Waals surface area contributed by atoms with Gasteiger partial charge in [0.2, 0.25) is 5.91 Å². The Bertz CT molecular complexity index is 909. The molecule has 27 heavy (non-hydrogen) atoms. The maximum Gasteiger partial charge on any atom is 0.225 e. The van der Waals surface area contributed by atoms with Gasteiger partial charge in [0.15, 0.2) is 0 Å². The third kappa shape index (κ3) is 4.98. The molecule has 7 heteroatoms. The lowest BCUT2D eigenvalue weighted by Crippen LogP contribution is -2.35. The maximum absolute atomic E-state index is 13.4. The maximum atomic E-state index is 13.4. The molecule has 0 fully saturated rings. The van der Waals surface area contributed by atoms with E-state index in [2.05, 4.69) is 20.5 Å². The summed E-state index contributed by atoms with van der Waals surface area (Å²) >= 11 is 5.65. The molecule has 142 valence electrons. The number of nitrogens with zero attached hydrogens (tertiary/aromatic N) is 3. The summed E-state index contributed by atoms with van der Waals surface area (Å²) in [7, 11) is 0. The largest absolute Gasteiger partial charge is 0.310 e. The fourth-order valence-corrected chi connectivity index (χ4v) is 2.62. The number of hydrogen-bond donors (Lipinski definition) is 1. The predicted molar refractivity (Wildman–Crippen MR) is 106 cm³/mol. The van der Waals surface area contributed by atoms with Gasteiger partial charge >= 0.3 is 0 Å². The predicted octanol–water partition coefficient (Wildman–Crippen LogP) is 4.50. The molecular formula is C20H22ClFN4O. The van der Waals surface area contributed by atoms with Crippen LogP contribution in [0.3, 0.4) is 0 Å². The molecule has 0 saturated heterocycles. The molecule has 5 nitrogen and oxygen atoms in total. The number of carbonyl (C=O) groups excluding carboxylic acids is 1. The molecule has 2 heterocycles. The third-order valence-electron chi connectivity index (χ3n) is 4.00. The van der Waals surface area contributed by atoms with Gasteiger partial charge in [-0.15, -0.1) is 0 Å². The van der Waals surface area contributed by atoms with Crippen LogP contribution in [0.25, 0.3) is 5.70 Å². The van der Waals surface area contributed by atoms with Crippen molar-refractivity contribution in [2.45, 2.75) is 40.5 Å². The zero-order valence-electron chi connectivity index (χ0n) is 15.8. The fourth-order valence-electron chi connectivity index (χ4n) is 2.50. The lowest BCUT2D eigenvalue weighted by atomic mass is 10.0. The molecule has 0 spiro atoms. The molecule has 1 aliphatic rings. The van der Waals surface area contributed by atoms with Crippen LogP contribution in [0.15, 0.2) is 41.2 Å². The van der Waals surface area contributed by atoms with Crippen LogP contribution in [0.4, 0.5) is 4.39 Å². The standard InChI is InChI=1S/C18H16ClFN4O.C2H6/c1-10-8-21-22-9-13(10)17-11(2)18(24-17)23-16(25)6-4-12-3-5-14(19)15(20)7-12;1-2/h3,5,7-9H,4,6H2,1-2H3,(H,23,24,25);1-2H3. The fraction of sp³-hybridized carbons (Fsp3) is 0.300. The van der Waals surface area contributed by atoms with E-state index in [0.29, 0.717) is 12.3 Å². The summed E-state index contributed by atoms with van der Waals surface area (Å²) in [5, 5.41) is 10.5. The van der Waals surface area contributed by atoms with Crippen molar-refractivity contribution in [3.8, 4) is 0 Å². The van der Waals surface area contributed by atoms with Crippen LogP contribution in [0.5, 0.6) is 0 Å². The van der Waals surface area contributed by atoms with Gasteiger partial charge < -0.3 is 5.32 Å². The van der Waals surface area contributed by atoms with E-state index in [1.54, 1.807) is 18.5 Å². The summed E-state index contributed by atoms with van der Waals surface area (Å²) in [4.78, 5) is 16.4. The van der Waals surface area contributed by atoms with E-state index in [1.807, 2.05) is 27.7 Å². The van der Waals surface area contributed by atoms with Crippen molar-refractivity contribution in [1.29, 1.82) is 0 Å². The zero-order valence-corrected chi connectivity index (χ0v) is 16.6. The van der Waals surface area contributed by atoms with Crippen LogP contribution in [0, 0.1) is 12.7 Å². The molecule has 0 saturated carbocycles. The summed E-state index contributed by atoms with van der Waals surface area (Å²) in [6, 6.07) is 4.55. The van der Waals surface area contributed by atoms with Crippen LogP contribution < -0.4 is 5.32 Å². The van der Waals surface area contributed by atoms with Crippen molar-refractivity contribution in [2.75, 3.05) is 0 Å². The quantitative estimate of drug-likeness (QED) is 0.838. The van der Waals surface area contributed by atoms with Gasteiger partial charge in [-0.1, -0.05) is 31.5 Å². The first-order valence-corrected chi connectivity index (χ1v) is 9.15. The Morgan fingerprint density at radius 2 is 1.89 bits per heavy atom. The molecule has 1 N–H and O–H groups in total. The second-order valence-corrected chi connectivity index (χ2v) is 6.22. The lowest BCUT2D eigenvalue weighted by Gasteiger charge is -2.21. The third-order valence-corrected chi connectivity index (χ3v) is 4.31. The second kappa shape index (κ2) is 9.37. The Kier molecular flexibility index (Phi) is 7.19. The SMILES string of the molecule is CC.CC1=C(c2cnncc2C)N=C1NC(=O)CCc1ccc(Cl)c(F)c1. The molecule has 0 bridgehead atoms. The van der Waals surface area contributed by atoms with Gasteiger partial charge in [0.1, 0.15) is 11.7 Å². The Hall–Kier alpha value is -2.60. The van der Waals surface area contributed by atoms with E-state index < -0.39 is 5.82 Å². The van der Waals surface area contributed by atoms with Crippen molar-refractivity contribution < 1.29 is 9.18 Å². The van der Waals surface area contributed by atoms with Crippen molar-refractivity contribution in [2.24, 2.45) is 4.99 Å². The zero-order chi connectivity index (χ0) is 20.0. The summed E-state index contributed by atoms with van der Waals surface area (Å²) in [6.07, 6.45) is 3.99. The van der Waals surface area contributed by atoms with Crippen molar-refractivity contribution in [3.63, 3.8) is 0 Å². The molecule has 3 rings (SSSR count). The number of hydrogen-bond acceptors (Lipinski definition) is 4. The van der Waals surface area contributed by atoms with Gasteiger partial charge in [0.05, 0.1) is 23.1 Å². The van der Waals surface area contributed by atoms with Gasteiger partial charge in [-0.3, -0.25) is 4.79 Å². The van der Waals surface area contributed by atoms with Crippen molar-refractivity contribution in [3.05, 3.63) is 63.7 Å². The highest BCUT2D eigenvalue weighted by atomic mass is 35.5. The Balaban J connectivity index is 0.00000126. The first-order valence-electron chi connectivity index (χ1n) is 8.77. The molecule has 1 amide bonds. The number of aliphatic imine (C=N–C) groups is 1. The van der Waals surface area contributed by atoms with Crippen molar-refractivity contribution in [1.82, 2.24) is 15.5 Å². The number of nitrogens with one attached hydrogen (secondary N) is 1. The minimum absolute atomic E-state index is 0.0752. The summed E-state index contributed by atoms with van der Waals surface area (Å²) < 4.78 is 13.4. The van der Waals surface area contributed by atoms with Crippen LogP contribution in [-0.2, 0) is 11.2 Å².